The van der Waals surface area contributed by atoms with Gasteiger partial charge in [-0.25, -0.2) is 0 Å². The minimum Gasteiger partial charge on any atom is -0.496 e. The molecule has 5 heteroatoms. The molecule has 1 heterocycles. The zero-order valence-electron chi connectivity index (χ0n) is 11.5. The molecule has 0 aliphatic rings. The second-order valence-corrected chi connectivity index (χ2v) is 4.54. The third-order valence-electron chi connectivity index (χ3n) is 3.50. The molecular formula is C14H19N3O2. The first kappa shape index (κ1) is 13.4. The fourth-order valence-corrected chi connectivity index (χ4v) is 2.28. The van der Waals surface area contributed by atoms with Gasteiger partial charge in [-0.3, -0.25) is 15.0 Å². The molecule has 0 aliphatic heterocycles. The molecule has 1 aromatic heterocycles. The van der Waals surface area contributed by atoms with Gasteiger partial charge in [0.15, 0.2) is 0 Å². The van der Waals surface area contributed by atoms with Gasteiger partial charge in [-0.2, -0.15) is 0 Å². The second kappa shape index (κ2) is 5.32. The van der Waals surface area contributed by atoms with Gasteiger partial charge in [-0.1, -0.05) is 0 Å². The van der Waals surface area contributed by atoms with E-state index in [2.05, 4.69) is 10.2 Å². The maximum Gasteiger partial charge on any atom is 0.267 e. The second-order valence-electron chi connectivity index (χ2n) is 4.54. The van der Waals surface area contributed by atoms with Crippen molar-refractivity contribution in [2.24, 2.45) is 5.73 Å². The number of hydrogen-bond donors (Lipinski definition) is 3. The van der Waals surface area contributed by atoms with E-state index in [-0.39, 0.29) is 5.56 Å². The molecule has 4 N–H and O–H groups in total. The quantitative estimate of drug-likeness (QED) is 0.779. The first-order chi connectivity index (χ1) is 9.10. The molecular weight excluding hydrogens is 242 g/mol. The molecule has 0 saturated carbocycles. The Kier molecular flexibility index (Phi) is 3.76. The highest BCUT2D eigenvalue weighted by atomic mass is 16.5. The molecule has 19 heavy (non-hydrogen) atoms. The van der Waals surface area contributed by atoms with E-state index in [1.807, 2.05) is 26.0 Å². The molecule has 2 rings (SSSR count). The van der Waals surface area contributed by atoms with Crippen molar-refractivity contribution >= 4 is 0 Å². The van der Waals surface area contributed by atoms with Crippen LogP contribution in [0.5, 0.6) is 5.75 Å². The lowest BCUT2D eigenvalue weighted by molar-refractivity contribution is 0.411. The molecule has 0 atom stereocenters. The van der Waals surface area contributed by atoms with E-state index < -0.39 is 0 Å². The largest absolute Gasteiger partial charge is 0.496 e. The van der Waals surface area contributed by atoms with Crippen LogP contribution in [0.25, 0.3) is 11.3 Å². The number of hydrogen-bond acceptors (Lipinski definition) is 3. The Hall–Kier alpha value is -2.01. The molecule has 5 nitrogen and oxygen atoms in total. The van der Waals surface area contributed by atoms with Crippen molar-refractivity contribution in [2.45, 2.75) is 20.3 Å². The van der Waals surface area contributed by atoms with Gasteiger partial charge in [0.05, 0.1) is 12.8 Å². The van der Waals surface area contributed by atoms with Crippen molar-refractivity contribution in [1.29, 1.82) is 0 Å². The summed E-state index contributed by atoms with van der Waals surface area (Å²) in [5.74, 6) is 0.847. The lowest BCUT2D eigenvalue weighted by Crippen LogP contribution is -2.12. The molecule has 0 bridgehead atoms. The summed E-state index contributed by atoms with van der Waals surface area (Å²) in [7, 11) is 1.65. The number of ether oxygens (including phenoxy) is 1. The number of rotatable bonds is 4. The topological polar surface area (TPSA) is 83.9 Å². The van der Waals surface area contributed by atoms with E-state index in [9.17, 15) is 4.79 Å². The van der Waals surface area contributed by atoms with E-state index in [0.717, 1.165) is 28.1 Å². The molecule has 0 radical (unpaired) electrons. The van der Waals surface area contributed by atoms with Gasteiger partial charge in [0.2, 0.25) is 0 Å². The summed E-state index contributed by atoms with van der Waals surface area (Å²) in [6, 6.07) is 3.87. The van der Waals surface area contributed by atoms with Gasteiger partial charge in [0.1, 0.15) is 5.75 Å². The van der Waals surface area contributed by atoms with E-state index in [1.165, 1.54) is 0 Å². The number of H-pyrrole nitrogens is 2. The zero-order valence-corrected chi connectivity index (χ0v) is 11.5. The standard InChI is InChI=1S/C14H19N3O2/c1-8-9(2)12(19-3)5-4-10(8)13-11(6-7-15)14(18)17-16-13/h4-5H,6-7,15H2,1-3H3,(H2,16,17,18). The van der Waals surface area contributed by atoms with Crippen molar-refractivity contribution in [2.75, 3.05) is 13.7 Å². The van der Waals surface area contributed by atoms with Crippen molar-refractivity contribution in [3.05, 3.63) is 39.2 Å². The Balaban J connectivity index is 2.60. The lowest BCUT2D eigenvalue weighted by Gasteiger charge is -2.12. The number of nitrogens with two attached hydrogens (primary N) is 1. The lowest BCUT2D eigenvalue weighted by atomic mass is 9.97. The first-order valence-corrected chi connectivity index (χ1v) is 6.24. The molecule has 0 unspecified atom stereocenters. The van der Waals surface area contributed by atoms with Crippen LogP contribution < -0.4 is 16.0 Å². The minimum absolute atomic E-state index is 0.103. The fourth-order valence-electron chi connectivity index (χ4n) is 2.28. The predicted octanol–water partition coefficient (Wildman–Crippen LogP) is 1.50. The number of benzene rings is 1. The average molecular weight is 261 g/mol. The SMILES string of the molecule is COc1ccc(-c2[nH][nH]c(=O)c2CCN)c(C)c1C. The van der Waals surface area contributed by atoms with Crippen molar-refractivity contribution < 1.29 is 4.74 Å². The van der Waals surface area contributed by atoms with Crippen molar-refractivity contribution in [1.82, 2.24) is 10.2 Å². The smallest absolute Gasteiger partial charge is 0.267 e. The monoisotopic (exact) mass is 261 g/mol. The highest BCUT2D eigenvalue weighted by molar-refractivity contribution is 5.69. The average Bonchev–Trinajstić information content (AvgIpc) is 2.75. The number of aromatic amines is 2. The van der Waals surface area contributed by atoms with Crippen LogP contribution in [0.4, 0.5) is 0 Å². The molecule has 0 fully saturated rings. The first-order valence-electron chi connectivity index (χ1n) is 6.24. The summed E-state index contributed by atoms with van der Waals surface area (Å²) in [4.78, 5) is 11.8. The number of methoxy groups -OCH3 is 1. The Morgan fingerprint density at radius 3 is 2.58 bits per heavy atom. The number of nitrogens with one attached hydrogen (secondary N) is 2. The molecule has 0 saturated heterocycles. The summed E-state index contributed by atoms with van der Waals surface area (Å²) in [5, 5.41) is 5.58. The van der Waals surface area contributed by atoms with Crippen molar-refractivity contribution in [3.8, 4) is 17.0 Å². The molecule has 102 valence electrons. The molecule has 0 amide bonds. The minimum atomic E-state index is -0.103. The molecule has 0 aliphatic carbocycles. The van der Waals surface area contributed by atoms with Gasteiger partial charge in [-0.05, 0) is 50.1 Å². The van der Waals surface area contributed by atoms with Crippen molar-refractivity contribution in [3.63, 3.8) is 0 Å². The van der Waals surface area contributed by atoms with E-state index in [1.54, 1.807) is 7.11 Å². The number of aromatic nitrogens is 2. The van der Waals surface area contributed by atoms with Crippen LogP contribution in [0, 0.1) is 13.8 Å². The van der Waals surface area contributed by atoms with E-state index in [4.69, 9.17) is 10.5 Å². The summed E-state index contributed by atoms with van der Waals surface area (Å²) in [6.45, 7) is 4.47. The van der Waals surface area contributed by atoms with Crippen LogP contribution in [-0.2, 0) is 6.42 Å². The normalized spacial score (nSPS) is 10.7. The van der Waals surface area contributed by atoms with E-state index >= 15 is 0 Å². The van der Waals surface area contributed by atoms with Gasteiger partial charge < -0.3 is 10.5 Å². The van der Waals surface area contributed by atoms with Crippen LogP contribution in [0.3, 0.4) is 0 Å². The van der Waals surface area contributed by atoms with E-state index in [0.29, 0.717) is 18.5 Å². The Labute approximate surface area is 111 Å². The summed E-state index contributed by atoms with van der Waals surface area (Å²) in [6.07, 6.45) is 0.554. The summed E-state index contributed by atoms with van der Waals surface area (Å²) in [5.41, 5.74) is 10.1. The van der Waals surface area contributed by atoms with Crippen LogP contribution >= 0.6 is 0 Å². The van der Waals surface area contributed by atoms with Gasteiger partial charge in [0.25, 0.3) is 5.56 Å². The summed E-state index contributed by atoms with van der Waals surface area (Å²) < 4.78 is 5.30. The Morgan fingerprint density at radius 2 is 1.95 bits per heavy atom. The highest BCUT2D eigenvalue weighted by Gasteiger charge is 2.15. The third-order valence-corrected chi connectivity index (χ3v) is 3.50. The van der Waals surface area contributed by atoms with Crippen LogP contribution in [0.2, 0.25) is 0 Å². The summed E-state index contributed by atoms with van der Waals surface area (Å²) >= 11 is 0. The van der Waals surface area contributed by atoms with Crippen LogP contribution in [0.15, 0.2) is 16.9 Å². The van der Waals surface area contributed by atoms with Gasteiger partial charge in [-0.15, -0.1) is 0 Å². The maximum absolute atomic E-state index is 11.8. The van der Waals surface area contributed by atoms with Crippen LogP contribution in [0.1, 0.15) is 16.7 Å². The molecule has 1 aromatic carbocycles. The maximum atomic E-state index is 11.8. The van der Waals surface area contributed by atoms with Crippen LogP contribution in [-0.4, -0.2) is 23.9 Å². The van der Waals surface area contributed by atoms with Gasteiger partial charge in [0, 0.05) is 11.1 Å². The zero-order chi connectivity index (χ0) is 14.0. The fraction of sp³-hybridized carbons (Fsp3) is 0.357. The Bertz CT molecular complexity index is 641. The Morgan fingerprint density at radius 1 is 1.21 bits per heavy atom. The predicted molar refractivity (Wildman–Crippen MR) is 75.6 cm³/mol. The van der Waals surface area contributed by atoms with Gasteiger partial charge >= 0.3 is 0 Å². The third kappa shape index (κ3) is 2.29. The molecule has 2 aromatic rings. The highest BCUT2D eigenvalue weighted by Crippen LogP contribution is 2.30. The molecule has 0 spiro atoms.